The molecule has 0 saturated heterocycles. The standard InChI is InChI=1S/C17H22N4O/c1-12-13(2)20-17(15-5-3-4-8-18-15)21-16(12)19-9-10-22-11-14-6-7-14/h3-5,8,14H,6-7,9-11H2,1-2H3,(H,19,20,21). The molecule has 0 unspecified atom stereocenters. The summed E-state index contributed by atoms with van der Waals surface area (Å²) in [6.07, 6.45) is 4.41. The van der Waals surface area contributed by atoms with Gasteiger partial charge in [-0.15, -0.1) is 0 Å². The van der Waals surface area contributed by atoms with Gasteiger partial charge in [0.25, 0.3) is 0 Å². The number of aryl methyl sites for hydroxylation is 1. The van der Waals surface area contributed by atoms with Gasteiger partial charge in [-0.1, -0.05) is 6.07 Å². The topological polar surface area (TPSA) is 59.9 Å². The van der Waals surface area contributed by atoms with E-state index in [2.05, 4.69) is 20.3 Å². The van der Waals surface area contributed by atoms with Crippen LogP contribution in [0.1, 0.15) is 24.1 Å². The Morgan fingerprint density at radius 1 is 1.23 bits per heavy atom. The predicted octanol–water partition coefficient (Wildman–Crippen LogP) is 2.99. The average Bonchev–Trinajstić information content (AvgIpc) is 3.36. The van der Waals surface area contributed by atoms with E-state index in [1.165, 1.54) is 12.8 Å². The molecule has 5 heteroatoms. The van der Waals surface area contributed by atoms with Gasteiger partial charge in [-0.25, -0.2) is 9.97 Å². The maximum atomic E-state index is 5.65. The van der Waals surface area contributed by atoms with Crippen LogP contribution >= 0.6 is 0 Å². The lowest BCUT2D eigenvalue weighted by atomic mass is 10.2. The highest BCUT2D eigenvalue weighted by Gasteiger charge is 2.20. The third-order valence-corrected chi connectivity index (χ3v) is 3.87. The van der Waals surface area contributed by atoms with E-state index >= 15 is 0 Å². The van der Waals surface area contributed by atoms with E-state index in [0.29, 0.717) is 12.4 Å². The monoisotopic (exact) mass is 298 g/mol. The normalized spacial score (nSPS) is 14.1. The zero-order valence-corrected chi connectivity index (χ0v) is 13.2. The largest absolute Gasteiger partial charge is 0.379 e. The van der Waals surface area contributed by atoms with Crippen molar-refractivity contribution in [3.63, 3.8) is 0 Å². The minimum atomic E-state index is 0.657. The third kappa shape index (κ3) is 3.80. The Hall–Kier alpha value is -2.01. The van der Waals surface area contributed by atoms with Gasteiger partial charge in [0.15, 0.2) is 5.82 Å². The Morgan fingerprint density at radius 3 is 2.82 bits per heavy atom. The highest BCUT2D eigenvalue weighted by Crippen LogP contribution is 2.28. The van der Waals surface area contributed by atoms with E-state index in [-0.39, 0.29) is 0 Å². The van der Waals surface area contributed by atoms with Gasteiger partial charge in [-0.3, -0.25) is 4.98 Å². The van der Waals surface area contributed by atoms with Crippen molar-refractivity contribution in [2.75, 3.05) is 25.1 Å². The minimum absolute atomic E-state index is 0.657. The lowest BCUT2D eigenvalue weighted by Gasteiger charge is -2.12. The van der Waals surface area contributed by atoms with Crippen LogP contribution in [0.5, 0.6) is 0 Å². The zero-order valence-electron chi connectivity index (χ0n) is 13.2. The Labute approximate surface area is 131 Å². The van der Waals surface area contributed by atoms with Gasteiger partial charge in [0.05, 0.1) is 6.61 Å². The molecule has 0 radical (unpaired) electrons. The second kappa shape index (κ2) is 6.83. The molecular weight excluding hydrogens is 276 g/mol. The van der Waals surface area contributed by atoms with Crippen LogP contribution in [0.25, 0.3) is 11.5 Å². The van der Waals surface area contributed by atoms with Gasteiger partial charge in [0, 0.05) is 30.6 Å². The van der Waals surface area contributed by atoms with Crippen LogP contribution < -0.4 is 5.32 Å². The highest BCUT2D eigenvalue weighted by atomic mass is 16.5. The fraction of sp³-hybridized carbons (Fsp3) is 0.471. The predicted molar refractivity (Wildman–Crippen MR) is 86.8 cm³/mol. The second-order valence-corrected chi connectivity index (χ2v) is 5.77. The van der Waals surface area contributed by atoms with E-state index in [0.717, 1.165) is 41.8 Å². The van der Waals surface area contributed by atoms with Crippen molar-refractivity contribution in [3.8, 4) is 11.5 Å². The lowest BCUT2D eigenvalue weighted by Crippen LogP contribution is -2.13. The Kier molecular flexibility index (Phi) is 4.63. The fourth-order valence-electron chi connectivity index (χ4n) is 2.19. The van der Waals surface area contributed by atoms with Crippen molar-refractivity contribution in [3.05, 3.63) is 35.7 Å². The van der Waals surface area contributed by atoms with Gasteiger partial charge in [0.1, 0.15) is 11.5 Å². The molecular formula is C17H22N4O. The van der Waals surface area contributed by atoms with Crippen LogP contribution in [0.4, 0.5) is 5.82 Å². The number of ether oxygens (including phenoxy) is 1. The molecule has 2 aromatic rings. The molecule has 0 amide bonds. The van der Waals surface area contributed by atoms with E-state index in [4.69, 9.17) is 4.74 Å². The SMILES string of the molecule is Cc1nc(-c2ccccn2)nc(NCCOCC2CC2)c1C. The van der Waals surface area contributed by atoms with Gasteiger partial charge in [-0.05, 0) is 44.7 Å². The van der Waals surface area contributed by atoms with Crippen molar-refractivity contribution in [1.82, 2.24) is 15.0 Å². The van der Waals surface area contributed by atoms with Crippen LogP contribution in [0.15, 0.2) is 24.4 Å². The molecule has 0 bridgehead atoms. The number of aromatic nitrogens is 3. The Bertz CT molecular complexity index is 626. The summed E-state index contributed by atoms with van der Waals surface area (Å²) in [6, 6.07) is 5.76. The second-order valence-electron chi connectivity index (χ2n) is 5.77. The Morgan fingerprint density at radius 2 is 2.09 bits per heavy atom. The maximum absolute atomic E-state index is 5.65. The molecule has 2 heterocycles. The summed E-state index contributed by atoms with van der Waals surface area (Å²) in [6.45, 7) is 6.38. The molecule has 2 aromatic heterocycles. The van der Waals surface area contributed by atoms with Gasteiger partial charge in [-0.2, -0.15) is 0 Å². The first kappa shape index (κ1) is 14.9. The number of rotatable bonds is 7. The van der Waals surface area contributed by atoms with Crippen molar-refractivity contribution in [1.29, 1.82) is 0 Å². The van der Waals surface area contributed by atoms with Crippen LogP contribution in [-0.2, 0) is 4.74 Å². The summed E-state index contributed by atoms with van der Waals surface area (Å²) in [7, 11) is 0. The van der Waals surface area contributed by atoms with Crippen LogP contribution in [-0.4, -0.2) is 34.7 Å². The first-order chi connectivity index (χ1) is 10.7. The summed E-state index contributed by atoms with van der Waals surface area (Å²) >= 11 is 0. The van der Waals surface area contributed by atoms with Crippen molar-refractivity contribution < 1.29 is 4.74 Å². The first-order valence-corrected chi connectivity index (χ1v) is 7.82. The highest BCUT2D eigenvalue weighted by molar-refractivity contribution is 5.56. The molecule has 116 valence electrons. The van der Waals surface area contributed by atoms with Crippen LogP contribution in [0.3, 0.4) is 0 Å². The number of nitrogens with zero attached hydrogens (tertiary/aromatic N) is 3. The van der Waals surface area contributed by atoms with Crippen LogP contribution in [0.2, 0.25) is 0 Å². The molecule has 3 rings (SSSR count). The molecule has 1 N–H and O–H groups in total. The molecule has 0 atom stereocenters. The molecule has 5 nitrogen and oxygen atoms in total. The Balaban J connectivity index is 1.65. The fourth-order valence-corrected chi connectivity index (χ4v) is 2.19. The van der Waals surface area contributed by atoms with E-state index in [1.807, 2.05) is 32.0 Å². The average molecular weight is 298 g/mol. The van der Waals surface area contributed by atoms with E-state index in [9.17, 15) is 0 Å². The molecule has 1 fully saturated rings. The molecule has 0 aromatic carbocycles. The maximum Gasteiger partial charge on any atom is 0.180 e. The minimum Gasteiger partial charge on any atom is -0.379 e. The quantitative estimate of drug-likeness (QED) is 0.796. The number of hydrogen-bond acceptors (Lipinski definition) is 5. The molecule has 1 saturated carbocycles. The zero-order chi connectivity index (χ0) is 15.4. The van der Waals surface area contributed by atoms with Crippen molar-refractivity contribution in [2.45, 2.75) is 26.7 Å². The van der Waals surface area contributed by atoms with Crippen LogP contribution in [0, 0.1) is 19.8 Å². The molecule has 1 aliphatic carbocycles. The first-order valence-electron chi connectivity index (χ1n) is 7.82. The number of pyridine rings is 1. The van der Waals surface area contributed by atoms with Crippen molar-refractivity contribution in [2.24, 2.45) is 5.92 Å². The molecule has 22 heavy (non-hydrogen) atoms. The number of anilines is 1. The summed E-state index contributed by atoms with van der Waals surface area (Å²) in [5, 5.41) is 3.35. The summed E-state index contributed by atoms with van der Waals surface area (Å²) in [5.74, 6) is 2.33. The molecule has 0 aliphatic heterocycles. The van der Waals surface area contributed by atoms with E-state index < -0.39 is 0 Å². The summed E-state index contributed by atoms with van der Waals surface area (Å²) in [5.41, 5.74) is 2.83. The third-order valence-electron chi connectivity index (χ3n) is 3.87. The summed E-state index contributed by atoms with van der Waals surface area (Å²) < 4.78 is 5.65. The van der Waals surface area contributed by atoms with Gasteiger partial charge in [0.2, 0.25) is 0 Å². The summed E-state index contributed by atoms with van der Waals surface area (Å²) in [4.78, 5) is 13.5. The number of hydrogen-bond donors (Lipinski definition) is 1. The lowest BCUT2D eigenvalue weighted by molar-refractivity contribution is 0.134. The van der Waals surface area contributed by atoms with Crippen molar-refractivity contribution >= 4 is 5.82 Å². The smallest absolute Gasteiger partial charge is 0.180 e. The van der Waals surface area contributed by atoms with Gasteiger partial charge < -0.3 is 10.1 Å². The van der Waals surface area contributed by atoms with E-state index in [1.54, 1.807) is 6.20 Å². The molecule has 1 aliphatic rings. The number of nitrogens with one attached hydrogen (secondary N) is 1. The molecule has 0 spiro atoms. The van der Waals surface area contributed by atoms with Gasteiger partial charge >= 0.3 is 0 Å².